The summed E-state index contributed by atoms with van der Waals surface area (Å²) in [5.41, 5.74) is 7.20. The van der Waals surface area contributed by atoms with E-state index in [1.807, 2.05) is 0 Å². The van der Waals surface area contributed by atoms with Crippen molar-refractivity contribution in [3.05, 3.63) is 35.9 Å². The maximum atomic E-state index is 5.74. The monoisotopic (exact) mass is 246 g/mol. The molecule has 1 aromatic carbocycles. The number of benzene rings is 1. The van der Waals surface area contributed by atoms with Gasteiger partial charge in [-0.05, 0) is 63.7 Å². The van der Waals surface area contributed by atoms with Crippen LogP contribution in [0, 0.1) is 5.92 Å². The molecule has 1 saturated heterocycles. The summed E-state index contributed by atoms with van der Waals surface area (Å²) in [4.78, 5) is 2.63. The van der Waals surface area contributed by atoms with Crippen LogP contribution in [0.2, 0.25) is 0 Å². The highest BCUT2D eigenvalue weighted by Crippen LogP contribution is 2.19. The molecule has 2 N–H and O–H groups in total. The summed E-state index contributed by atoms with van der Waals surface area (Å²) in [6, 6.07) is 11.5. The molecule has 1 fully saturated rings. The Hall–Kier alpha value is -0.860. The summed E-state index contributed by atoms with van der Waals surface area (Å²) in [6.45, 7) is 5.70. The maximum absolute atomic E-state index is 5.74. The standard InChI is InChI=1S/C16H26N2/c1-14(7-8-15-5-3-2-4-6-15)18-11-9-16(13-17)10-12-18/h2-6,14,16H,7-13,17H2,1H3. The Labute approximate surface area is 111 Å². The number of likely N-dealkylation sites (tertiary alicyclic amines) is 1. The summed E-state index contributed by atoms with van der Waals surface area (Å²) >= 11 is 0. The second-order valence-corrected chi connectivity index (χ2v) is 5.59. The molecule has 0 aliphatic carbocycles. The number of hydrogen-bond acceptors (Lipinski definition) is 2. The smallest absolute Gasteiger partial charge is 0.00700 e. The first-order valence-corrected chi connectivity index (χ1v) is 7.27. The zero-order valence-corrected chi connectivity index (χ0v) is 11.5. The Bertz CT molecular complexity index is 328. The van der Waals surface area contributed by atoms with Gasteiger partial charge in [0.2, 0.25) is 0 Å². The fourth-order valence-corrected chi connectivity index (χ4v) is 2.83. The molecule has 2 heteroatoms. The molecule has 18 heavy (non-hydrogen) atoms. The predicted molar refractivity (Wildman–Crippen MR) is 77.6 cm³/mol. The molecule has 1 aromatic rings. The summed E-state index contributed by atoms with van der Waals surface area (Å²) in [5.74, 6) is 0.766. The molecule has 100 valence electrons. The minimum Gasteiger partial charge on any atom is -0.330 e. The lowest BCUT2D eigenvalue weighted by Crippen LogP contribution is -2.41. The Morgan fingerprint density at radius 3 is 2.50 bits per heavy atom. The molecule has 2 nitrogen and oxygen atoms in total. The Balaban J connectivity index is 1.73. The van der Waals surface area contributed by atoms with Crippen molar-refractivity contribution in [1.29, 1.82) is 0 Å². The van der Waals surface area contributed by atoms with Gasteiger partial charge in [0.1, 0.15) is 0 Å². The van der Waals surface area contributed by atoms with E-state index in [1.54, 1.807) is 0 Å². The average molecular weight is 246 g/mol. The Morgan fingerprint density at radius 1 is 1.22 bits per heavy atom. The predicted octanol–water partition coefficient (Wildman–Crippen LogP) is 2.68. The SMILES string of the molecule is CC(CCc1ccccc1)N1CCC(CN)CC1. The second kappa shape index (κ2) is 6.91. The second-order valence-electron chi connectivity index (χ2n) is 5.59. The number of nitrogens with two attached hydrogens (primary N) is 1. The van der Waals surface area contributed by atoms with E-state index in [1.165, 1.54) is 44.3 Å². The van der Waals surface area contributed by atoms with E-state index in [-0.39, 0.29) is 0 Å². The quantitative estimate of drug-likeness (QED) is 0.865. The minimum atomic E-state index is 0.698. The van der Waals surface area contributed by atoms with Gasteiger partial charge in [0, 0.05) is 6.04 Å². The first-order chi connectivity index (χ1) is 8.79. The highest BCUT2D eigenvalue weighted by molar-refractivity contribution is 5.14. The molecule has 0 aromatic heterocycles. The van der Waals surface area contributed by atoms with Crippen LogP contribution in [-0.2, 0) is 6.42 Å². The first-order valence-electron chi connectivity index (χ1n) is 7.27. The Kier molecular flexibility index (Phi) is 5.21. The van der Waals surface area contributed by atoms with E-state index in [0.29, 0.717) is 6.04 Å². The molecule has 1 heterocycles. The average Bonchev–Trinajstić information content (AvgIpc) is 2.46. The van der Waals surface area contributed by atoms with Gasteiger partial charge in [0.25, 0.3) is 0 Å². The van der Waals surface area contributed by atoms with Crippen molar-refractivity contribution in [2.75, 3.05) is 19.6 Å². The molecular weight excluding hydrogens is 220 g/mol. The fraction of sp³-hybridized carbons (Fsp3) is 0.625. The molecule has 1 unspecified atom stereocenters. The van der Waals surface area contributed by atoms with E-state index in [9.17, 15) is 0 Å². The third-order valence-corrected chi connectivity index (χ3v) is 4.30. The van der Waals surface area contributed by atoms with Crippen LogP contribution in [0.25, 0.3) is 0 Å². The van der Waals surface area contributed by atoms with E-state index in [4.69, 9.17) is 5.73 Å². The van der Waals surface area contributed by atoms with Gasteiger partial charge in [-0.2, -0.15) is 0 Å². The molecule has 1 aliphatic rings. The van der Waals surface area contributed by atoms with Crippen LogP contribution in [0.15, 0.2) is 30.3 Å². The molecule has 0 saturated carbocycles. The molecular formula is C16H26N2. The number of nitrogens with zero attached hydrogens (tertiary/aromatic N) is 1. The van der Waals surface area contributed by atoms with Crippen molar-refractivity contribution < 1.29 is 0 Å². The van der Waals surface area contributed by atoms with Crippen molar-refractivity contribution in [2.24, 2.45) is 11.7 Å². The highest BCUT2D eigenvalue weighted by atomic mass is 15.2. The lowest BCUT2D eigenvalue weighted by atomic mass is 9.95. The number of rotatable bonds is 5. The van der Waals surface area contributed by atoms with E-state index >= 15 is 0 Å². The largest absolute Gasteiger partial charge is 0.330 e. The van der Waals surface area contributed by atoms with Crippen LogP contribution >= 0.6 is 0 Å². The topological polar surface area (TPSA) is 29.3 Å². The molecule has 0 spiro atoms. The van der Waals surface area contributed by atoms with Crippen LogP contribution in [0.4, 0.5) is 0 Å². The van der Waals surface area contributed by atoms with Gasteiger partial charge in [-0.25, -0.2) is 0 Å². The normalized spacial score (nSPS) is 19.9. The fourth-order valence-electron chi connectivity index (χ4n) is 2.83. The van der Waals surface area contributed by atoms with Crippen LogP contribution in [0.1, 0.15) is 31.7 Å². The number of hydrogen-bond donors (Lipinski definition) is 1. The van der Waals surface area contributed by atoms with Crippen molar-refractivity contribution in [1.82, 2.24) is 4.90 Å². The summed E-state index contributed by atoms with van der Waals surface area (Å²) in [7, 11) is 0. The van der Waals surface area contributed by atoms with Crippen molar-refractivity contribution >= 4 is 0 Å². The van der Waals surface area contributed by atoms with Crippen molar-refractivity contribution in [3.8, 4) is 0 Å². The van der Waals surface area contributed by atoms with Gasteiger partial charge < -0.3 is 10.6 Å². The zero-order valence-electron chi connectivity index (χ0n) is 11.5. The Morgan fingerprint density at radius 2 is 1.89 bits per heavy atom. The van der Waals surface area contributed by atoms with Gasteiger partial charge in [0.05, 0.1) is 0 Å². The van der Waals surface area contributed by atoms with Crippen LogP contribution in [0.3, 0.4) is 0 Å². The van der Waals surface area contributed by atoms with E-state index in [0.717, 1.165) is 12.5 Å². The van der Waals surface area contributed by atoms with Gasteiger partial charge in [-0.15, -0.1) is 0 Å². The molecule has 0 bridgehead atoms. The number of aryl methyl sites for hydroxylation is 1. The van der Waals surface area contributed by atoms with Crippen LogP contribution in [-0.4, -0.2) is 30.6 Å². The lowest BCUT2D eigenvalue weighted by Gasteiger charge is -2.35. The summed E-state index contributed by atoms with van der Waals surface area (Å²) < 4.78 is 0. The number of piperidine rings is 1. The van der Waals surface area contributed by atoms with Gasteiger partial charge in [-0.1, -0.05) is 30.3 Å². The van der Waals surface area contributed by atoms with Crippen molar-refractivity contribution in [3.63, 3.8) is 0 Å². The first kappa shape index (κ1) is 13.6. The molecule has 0 radical (unpaired) electrons. The maximum Gasteiger partial charge on any atom is 0.00700 e. The summed E-state index contributed by atoms with van der Waals surface area (Å²) in [6.07, 6.45) is 5.02. The van der Waals surface area contributed by atoms with Gasteiger partial charge in [0.15, 0.2) is 0 Å². The molecule has 2 rings (SSSR count). The van der Waals surface area contributed by atoms with Gasteiger partial charge >= 0.3 is 0 Å². The minimum absolute atomic E-state index is 0.698. The molecule has 0 amide bonds. The van der Waals surface area contributed by atoms with Crippen LogP contribution in [0.5, 0.6) is 0 Å². The third-order valence-electron chi connectivity index (χ3n) is 4.30. The van der Waals surface area contributed by atoms with E-state index in [2.05, 4.69) is 42.2 Å². The zero-order chi connectivity index (χ0) is 12.8. The third kappa shape index (κ3) is 3.82. The van der Waals surface area contributed by atoms with E-state index < -0.39 is 0 Å². The summed E-state index contributed by atoms with van der Waals surface area (Å²) in [5, 5.41) is 0. The molecule has 1 atom stereocenters. The lowest BCUT2D eigenvalue weighted by molar-refractivity contribution is 0.138. The van der Waals surface area contributed by atoms with Gasteiger partial charge in [-0.3, -0.25) is 0 Å². The van der Waals surface area contributed by atoms with Crippen LogP contribution < -0.4 is 5.73 Å². The molecule has 1 aliphatic heterocycles. The highest BCUT2D eigenvalue weighted by Gasteiger charge is 2.21. The van der Waals surface area contributed by atoms with Crippen molar-refractivity contribution in [2.45, 2.75) is 38.6 Å².